The van der Waals surface area contributed by atoms with Crippen molar-refractivity contribution in [2.24, 2.45) is 0 Å². The molecule has 1 aliphatic rings. The van der Waals surface area contributed by atoms with E-state index in [0.29, 0.717) is 29.8 Å². The molecular formula is C19H18FNO4. The van der Waals surface area contributed by atoms with E-state index >= 15 is 0 Å². The molecule has 1 amide bonds. The van der Waals surface area contributed by atoms with Crippen LogP contribution in [0.3, 0.4) is 0 Å². The van der Waals surface area contributed by atoms with Crippen molar-refractivity contribution in [3.8, 4) is 0 Å². The lowest BCUT2D eigenvalue weighted by molar-refractivity contribution is -0.0243. The topological polar surface area (TPSA) is 55.8 Å². The lowest BCUT2D eigenvalue weighted by Gasteiger charge is -2.33. The average molecular weight is 343 g/mol. The third kappa shape index (κ3) is 3.69. The van der Waals surface area contributed by atoms with Crippen molar-refractivity contribution < 1.29 is 23.5 Å². The quantitative estimate of drug-likeness (QED) is 0.804. The minimum Gasteiger partial charge on any atom is -0.465 e. The van der Waals surface area contributed by atoms with Gasteiger partial charge in [-0.1, -0.05) is 18.2 Å². The fourth-order valence-corrected chi connectivity index (χ4v) is 2.81. The number of nitrogens with zero attached hydrogens (tertiary/aromatic N) is 1. The van der Waals surface area contributed by atoms with Gasteiger partial charge in [-0.25, -0.2) is 9.18 Å². The van der Waals surface area contributed by atoms with E-state index in [9.17, 15) is 14.0 Å². The van der Waals surface area contributed by atoms with Crippen molar-refractivity contribution in [3.05, 3.63) is 71.0 Å². The van der Waals surface area contributed by atoms with Gasteiger partial charge < -0.3 is 14.4 Å². The van der Waals surface area contributed by atoms with E-state index in [-0.39, 0.29) is 18.3 Å². The Balaban J connectivity index is 1.74. The molecule has 0 aromatic heterocycles. The van der Waals surface area contributed by atoms with Gasteiger partial charge in [0.1, 0.15) is 11.9 Å². The fourth-order valence-electron chi connectivity index (χ4n) is 2.81. The monoisotopic (exact) mass is 343 g/mol. The van der Waals surface area contributed by atoms with E-state index in [4.69, 9.17) is 4.74 Å². The molecule has 1 atom stereocenters. The molecule has 6 heteroatoms. The zero-order valence-electron chi connectivity index (χ0n) is 13.8. The first-order chi connectivity index (χ1) is 12.1. The zero-order valence-corrected chi connectivity index (χ0v) is 13.8. The van der Waals surface area contributed by atoms with Crippen molar-refractivity contribution in [1.29, 1.82) is 0 Å². The summed E-state index contributed by atoms with van der Waals surface area (Å²) < 4.78 is 24.2. The van der Waals surface area contributed by atoms with Crippen molar-refractivity contribution >= 4 is 11.9 Å². The summed E-state index contributed by atoms with van der Waals surface area (Å²) in [7, 11) is 1.30. The minimum atomic E-state index is -0.492. The highest BCUT2D eigenvalue weighted by molar-refractivity contribution is 5.96. The first kappa shape index (κ1) is 17.1. The van der Waals surface area contributed by atoms with Crippen LogP contribution in [0.4, 0.5) is 4.39 Å². The number of halogens is 1. The highest BCUT2D eigenvalue weighted by Gasteiger charge is 2.27. The van der Waals surface area contributed by atoms with Gasteiger partial charge in [0.05, 0.1) is 25.8 Å². The van der Waals surface area contributed by atoms with E-state index in [0.717, 1.165) is 0 Å². The molecule has 1 fully saturated rings. The van der Waals surface area contributed by atoms with Gasteiger partial charge in [0.2, 0.25) is 0 Å². The van der Waals surface area contributed by atoms with E-state index < -0.39 is 12.1 Å². The minimum absolute atomic E-state index is 0.180. The van der Waals surface area contributed by atoms with Crippen molar-refractivity contribution in [2.45, 2.75) is 6.10 Å². The molecule has 1 aliphatic heterocycles. The number of carbonyl (C=O) groups excluding carboxylic acids is 2. The van der Waals surface area contributed by atoms with Gasteiger partial charge in [0.25, 0.3) is 5.91 Å². The molecule has 0 saturated carbocycles. The van der Waals surface area contributed by atoms with Crippen LogP contribution >= 0.6 is 0 Å². The third-order valence-electron chi connectivity index (χ3n) is 4.16. The summed E-state index contributed by atoms with van der Waals surface area (Å²) in [5.41, 5.74) is 1.29. The number of esters is 1. The van der Waals surface area contributed by atoms with Gasteiger partial charge in [-0.3, -0.25) is 4.79 Å². The Labute approximate surface area is 145 Å². The van der Waals surface area contributed by atoms with Gasteiger partial charge in [-0.15, -0.1) is 0 Å². The number of benzene rings is 2. The Hall–Kier alpha value is -2.73. The van der Waals surface area contributed by atoms with Gasteiger partial charge >= 0.3 is 5.97 Å². The molecule has 0 unspecified atom stereocenters. The number of morpholine rings is 1. The number of hydrogen-bond acceptors (Lipinski definition) is 4. The molecule has 2 aromatic rings. The number of hydrogen-bond donors (Lipinski definition) is 0. The summed E-state index contributed by atoms with van der Waals surface area (Å²) in [6.45, 7) is 1.05. The lowest BCUT2D eigenvalue weighted by Crippen LogP contribution is -2.42. The van der Waals surface area contributed by atoms with E-state index in [2.05, 4.69) is 4.74 Å². The first-order valence-corrected chi connectivity index (χ1v) is 7.94. The normalized spacial score (nSPS) is 17.2. The van der Waals surface area contributed by atoms with Crippen molar-refractivity contribution in [1.82, 2.24) is 4.90 Å². The summed E-state index contributed by atoms with van der Waals surface area (Å²) in [6.07, 6.45) is -0.492. The molecule has 0 bridgehead atoms. The van der Waals surface area contributed by atoms with E-state index in [1.54, 1.807) is 47.4 Å². The van der Waals surface area contributed by atoms with Gasteiger partial charge in [-0.05, 0) is 30.3 Å². The van der Waals surface area contributed by atoms with Gasteiger partial charge in [0, 0.05) is 17.7 Å². The van der Waals surface area contributed by atoms with Crippen LogP contribution in [0.1, 0.15) is 32.4 Å². The molecule has 3 rings (SSSR count). The second kappa shape index (κ2) is 7.44. The summed E-state index contributed by atoms with van der Waals surface area (Å²) in [5.74, 6) is -0.977. The Kier molecular flexibility index (Phi) is 5.09. The standard InChI is InChI=1S/C19H18FNO4/c1-24-19(23)14-8-6-13(7-9-14)18(22)21-10-11-25-17(12-21)15-4-2-3-5-16(15)20/h2-9,17H,10-12H2,1H3/t17-/m0/s1. The largest absolute Gasteiger partial charge is 0.465 e. The smallest absolute Gasteiger partial charge is 0.337 e. The van der Waals surface area contributed by atoms with Crippen molar-refractivity contribution in [2.75, 3.05) is 26.8 Å². The van der Waals surface area contributed by atoms with Crippen LogP contribution in [0.5, 0.6) is 0 Å². The first-order valence-electron chi connectivity index (χ1n) is 7.94. The summed E-state index contributed by atoms with van der Waals surface area (Å²) in [5, 5.41) is 0. The molecule has 0 N–H and O–H groups in total. The van der Waals surface area contributed by atoms with Crippen LogP contribution < -0.4 is 0 Å². The molecule has 5 nitrogen and oxygen atoms in total. The Morgan fingerprint density at radius 3 is 2.48 bits per heavy atom. The molecule has 130 valence electrons. The predicted molar refractivity (Wildman–Crippen MR) is 88.8 cm³/mol. The fraction of sp³-hybridized carbons (Fsp3) is 0.263. The van der Waals surface area contributed by atoms with Gasteiger partial charge in [0.15, 0.2) is 0 Å². The molecule has 25 heavy (non-hydrogen) atoms. The van der Waals surface area contributed by atoms with Crippen LogP contribution in [-0.2, 0) is 9.47 Å². The summed E-state index contributed by atoms with van der Waals surface area (Å²) in [4.78, 5) is 25.8. The highest BCUT2D eigenvalue weighted by atomic mass is 19.1. The SMILES string of the molecule is COC(=O)c1ccc(C(=O)N2CCO[C@H](c3ccccc3F)C2)cc1. The second-order valence-electron chi connectivity index (χ2n) is 5.70. The molecule has 0 aliphatic carbocycles. The maximum atomic E-state index is 14.0. The van der Waals surface area contributed by atoms with E-state index in [1.165, 1.54) is 13.2 Å². The van der Waals surface area contributed by atoms with Crippen LogP contribution in [0.15, 0.2) is 48.5 Å². The molecule has 1 saturated heterocycles. The average Bonchev–Trinajstić information content (AvgIpc) is 2.67. The number of ether oxygens (including phenoxy) is 2. The summed E-state index contributed by atoms with van der Waals surface area (Å²) in [6, 6.07) is 12.7. The maximum absolute atomic E-state index is 14.0. The van der Waals surface area contributed by atoms with Crippen molar-refractivity contribution in [3.63, 3.8) is 0 Å². The van der Waals surface area contributed by atoms with Crippen LogP contribution in [-0.4, -0.2) is 43.6 Å². The second-order valence-corrected chi connectivity index (χ2v) is 5.70. The lowest BCUT2D eigenvalue weighted by atomic mass is 10.1. The zero-order chi connectivity index (χ0) is 17.8. The number of rotatable bonds is 3. The number of carbonyl (C=O) groups is 2. The van der Waals surface area contributed by atoms with Crippen LogP contribution in [0.25, 0.3) is 0 Å². The Morgan fingerprint density at radius 1 is 1.12 bits per heavy atom. The number of methoxy groups -OCH3 is 1. The number of amides is 1. The Bertz CT molecular complexity index is 775. The molecule has 2 aromatic carbocycles. The molecule has 0 radical (unpaired) electrons. The molecular weight excluding hydrogens is 325 g/mol. The highest BCUT2D eigenvalue weighted by Crippen LogP contribution is 2.25. The molecule has 0 spiro atoms. The van der Waals surface area contributed by atoms with Crippen LogP contribution in [0, 0.1) is 5.82 Å². The van der Waals surface area contributed by atoms with Crippen LogP contribution in [0.2, 0.25) is 0 Å². The van der Waals surface area contributed by atoms with Gasteiger partial charge in [-0.2, -0.15) is 0 Å². The predicted octanol–water partition coefficient (Wildman–Crippen LogP) is 2.83. The third-order valence-corrected chi connectivity index (χ3v) is 4.16. The Morgan fingerprint density at radius 2 is 1.80 bits per heavy atom. The maximum Gasteiger partial charge on any atom is 0.337 e. The summed E-state index contributed by atoms with van der Waals surface area (Å²) >= 11 is 0. The van der Waals surface area contributed by atoms with E-state index in [1.807, 2.05) is 0 Å². The molecule has 1 heterocycles.